The normalized spacial score (nSPS) is 8.14. The Balaban J connectivity index is 0. The Bertz CT molecular complexity index is 175. The van der Waals surface area contributed by atoms with Gasteiger partial charge in [0.1, 0.15) is 0 Å². The van der Waals surface area contributed by atoms with E-state index in [1.54, 1.807) is 6.92 Å². The second-order valence-corrected chi connectivity index (χ2v) is 2.47. The van der Waals surface area contributed by atoms with E-state index in [2.05, 4.69) is 11.3 Å². The van der Waals surface area contributed by atoms with Crippen molar-refractivity contribution in [3.05, 3.63) is 12.7 Å². The molecule has 0 aliphatic carbocycles. The van der Waals surface area contributed by atoms with E-state index in [-0.39, 0.29) is 12.4 Å². The van der Waals surface area contributed by atoms with Crippen LogP contribution in [0, 0.1) is 0 Å². The van der Waals surface area contributed by atoms with Gasteiger partial charge in [0.2, 0.25) is 0 Å². The van der Waals surface area contributed by atoms with E-state index in [4.69, 9.17) is 5.11 Å². The van der Waals surface area contributed by atoms with Gasteiger partial charge in [0.15, 0.2) is 0 Å². The number of rotatable bonds is 5. The Hall–Kier alpha value is -1.32. The zero-order chi connectivity index (χ0) is 11.4. The molecule has 82 valence electrons. The highest BCUT2D eigenvalue weighted by molar-refractivity contribution is 5.81. The summed E-state index contributed by atoms with van der Waals surface area (Å²) in [7, 11) is 0. The number of carbonyl (C=O) groups excluding carboxylic acids is 1. The van der Waals surface area contributed by atoms with Crippen LogP contribution in [-0.4, -0.2) is 23.7 Å². The molecule has 0 aliphatic heterocycles. The fourth-order valence-electron chi connectivity index (χ4n) is 0.376. The summed E-state index contributed by atoms with van der Waals surface area (Å²) in [6.07, 6.45) is 3.37. The van der Waals surface area contributed by atoms with Crippen LogP contribution in [-0.2, 0) is 14.3 Å². The van der Waals surface area contributed by atoms with Crippen LogP contribution in [0.4, 0.5) is 0 Å². The molecule has 0 unspecified atom stereocenters. The summed E-state index contributed by atoms with van der Waals surface area (Å²) >= 11 is 0. The average Bonchev–Trinajstić information content (AvgIpc) is 2.19. The van der Waals surface area contributed by atoms with E-state index < -0.39 is 5.97 Å². The van der Waals surface area contributed by atoms with Crippen molar-refractivity contribution in [3.63, 3.8) is 0 Å². The quantitative estimate of drug-likeness (QED) is 0.420. The van der Waals surface area contributed by atoms with E-state index in [1.807, 2.05) is 6.92 Å². The molecule has 14 heavy (non-hydrogen) atoms. The van der Waals surface area contributed by atoms with Crippen molar-refractivity contribution in [2.45, 2.75) is 33.1 Å². The lowest BCUT2D eigenvalue weighted by Gasteiger charge is -1.97. The lowest BCUT2D eigenvalue weighted by atomic mass is 10.4. The minimum atomic E-state index is -0.745. The zero-order valence-corrected chi connectivity index (χ0v) is 8.78. The van der Waals surface area contributed by atoms with Gasteiger partial charge in [-0.15, -0.1) is 0 Å². The first kappa shape index (κ1) is 15.2. The van der Waals surface area contributed by atoms with E-state index in [9.17, 15) is 9.59 Å². The smallest absolute Gasteiger partial charge is 0.330 e. The van der Waals surface area contributed by atoms with Gasteiger partial charge in [-0.3, -0.25) is 4.79 Å². The molecule has 0 saturated heterocycles. The number of aliphatic carboxylic acids is 1. The van der Waals surface area contributed by atoms with Gasteiger partial charge in [-0.1, -0.05) is 26.8 Å². The predicted octanol–water partition coefficient (Wildman–Crippen LogP) is 2.00. The molecule has 0 aromatic rings. The second kappa shape index (κ2) is 11.7. The van der Waals surface area contributed by atoms with Crippen LogP contribution in [0.15, 0.2) is 12.7 Å². The van der Waals surface area contributed by atoms with Gasteiger partial charge in [-0.25, -0.2) is 4.79 Å². The third-order valence-electron chi connectivity index (χ3n) is 1.21. The van der Waals surface area contributed by atoms with Crippen molar-refractivity contribution in [1.82, 2.24) is 0 Å². The molecule has 0 spiro atoms. The van der Waals surface area contributed by atoms with Crippen molar-refractivity contribution in [2.24, 2.45) is 0 Å². The van der Waals surface area contributed by atoms with Crippen molar-refractivity contribution in [3.8, 4) is 0 Å². The van der Waals surface area contributed by atoms with Crippen LogP contribution < -0.4 is 0 Å². The fraction of sp³-hybridized carbons (Fsp3) is 0.600. The van der Waals surface area contributed by atoms with Gasteiger partial charge >= 0.3 is 11.9 Å². The summed E-state index contributed by atoms with van der Waals surface area (Å²) in [5.41, 5.74) is 0. The van der Waals surface area contributed by atoms with Crippen LogP contribution >= 0.6 is 0 Å². The van der Waals surface area contributed by atoms with E-state index in [1.165, 1.54) is 6.08 Å². The Morgan fingerprint density at radius 1 is 1.43 bits per heavy atom. The predicted molar refractivity (Wildman–Crippen MR) is 54.0 cm³/mol. The minimum Gasteiger partial charge on any atom is -0.481 e. The summed E-state index contributed by atoms with van der Waals surface area (Å²) in [4.78, 5) is 19.7. The Morgan fingerprint density at radius 3 is 2.21 bits per heavy atom. The number of unbranched alkanes of at least 4 members (excludes halogenated alkanes) is 1. The first-order chi connectivity index (χ1) is 6.58. The molecular formula is C10H18O4. The monoisotopic (exact) mass is 202 g/mol. The molecule has 1 N–H and O–H groups in total. The molecule has 0 rings (SSSR count). The topological polar surface area (TPSA) is 63.6 Å². The first-order valence-electron chi connectivity index (χ1n) is 4.59. The fourth-order valence-corrected chi connectivity index (χ4v) is 0.376. The number of esters is 1. The Kier molecular flexibility index (Phi) is 12.7. The van der Waals surface area contributed by atoms with Crippen molar-refractivity contribution in [2.75, 3.05) is 6.61 Å². The van der Waals surface area contributed by atoms with Gasteiger partial charge < -0.3 is 9.84 Å². The summed E-state index contributed by atoms with van der Waals surface area (Å²) in [6.45, 7) is 7.42. The lowest BCUT2D eigenvalue weighted by Crippen LogP contribution is -2.00. The van der Waals surface area contributed by atoms with Gasteiger partial charge in [0, 0.05) is 12.5 Å². The van der Waals surface area contributed by atoms with Crippen LogP contribution in [0.1, 0.15) is 33.1 Å². The molecule has 0 saturated carbocycles. The summed E-state index contributed by atoms with van der Waals surface area (Å²) < 4.78 is 4.67. The highest BCUT2D eigenvalue weighted by Crippen LogP contribution is 1.88. The molecule has 0 atom stereocenters. The molecule has 0 aromatic heterocycles. The standard InChI is InChI=1S/C7H12O2.C3H6O2/c1-3-5-6-9-7(8)4-2;1-2-3(4)5/h4H,2-3,5-6H2,1H3;2H2,1H3,(H,4,5). The molecule has 0 aliphatic rings. The Labute approximate surface area is 84.6 Å². The van der Waals surface area contributed by atoms with Gasteiger partial charge in [-0.2, -0.15) is 0 Å². The number of ether oxygens (including phenoxy) is 1. The maximum absolute atomic E-state index is 10.3. The SMILES string of the molecule is C=CC(=O)OCCCC.CCC(=O)O. The van der Waals surface area contributed by atoms with Crippen LogP contribution in [0.25, 0.3) is 0 Å². The molecule has 0 radical (unpaired) electrons. The molecule has 0 aromatic carbocycles. The van der Waals surface area contributed by atoms with Crippen LogP contribution in [0.3, 0.4) is 0 Å². The molecular weight excluding hydrogens is 184 g/mol. The summed E-state index contributed by atoms with van der Waals surface area (Å²) in [5.74, 6) is -1.08. The maximum atomic E-state index is 10.3. The molecule has 0 bridgehead atoms. The third kappa shape index (κ3) is 17.0. The zero-order valence-electron chi connectivity index (χ0n) is 8.78. The van der Waals surface area contributed by atoms with E-state index >= 15 is 0 Å². The molecule has 0 amide bonds. The first-order valence-corrected chi connectivity index (χ1v) is 4.59. The van der Waals surface area contributed by atoms with Crippen LogP contribution in [0.2, 0.25) is 0 Å². The van der Waals surface area contributed by atoms with Gasteiger partial charge in [0.25, 0.3) is 0 Å². The van der Waals surface area contributed by atoms with Crippen molar-refractivity contribution in [1.29, 1.82) is 0 Å². The van der Waals surface area contributed by atoms with Gasteiger partial charge in [-0.05, 0) is 6.42 Å². The Morgan fingerprint density at radius 2 is 1.93 bits per heavy atom. The number of hydrogen-bond acceptors (Lipinski definition) is 3. The van der Waals surface area contributed by atoms with Gasteiger partial charge in [0.05, 0.1) is 6.61 Å². The number of carboxylic acids is 1. The molecule has 0 fully saturated rings. The highest BCUT2D eigenvalue weighted by atomic mass is 16.5. The van der Waals surface area contributed by atoms with E-state index in [0.717, 1.165) is 12.8 Å². The summed E-state index contributed by atoms with van der Waals surface area (Å²) in [6, 6.07) is 0. The van der Waals surface area contributed by atoms with E-state index in [0.29, 0.717) is 6.61 Å². The number of carboxylic acid groups (broad SMARTS) is 1. The molecule has 4 heteroatoms. The number of hydrogen-bond donors (Lipinski definition) is 1. The molecule has 0 heterocycles. The van der Waals surface area contributed by atoms with Crippen molar-refractivity contribution >= 4 is 11.9 Å². The summed E-state index contributed by atoms with van der Waals surface area (Å²) in [5, 5.41) is 7.72. The minimum absolute atomic E-state index is 0.222. The van der Waals surface area contributed by atoms with Crippen molar-refractivity contribution < 1.29 is 19.4 Å². The third-order valence-corrected chi connectivity index (χ3v) is 1.21. The maximum Gasteiger partial charge on any atom is 0.330 e. The second-order valence-electron chi connectivity index (χ2n) is 2.47. The number of carbonyl (C=O) groups is 2. The van der Waals surface area contributed by atoms with Crippen LogP contribution in [0.5, 0.6) is 0 Å². The highest BCUT2D eigenvalue weighted by Gasteiger charge is 1.91. The largest absolute Gasteiger partial charge is 0.481 e. The molecule has 4 nitrogen and oxygen atoms in total. The lowest BCUT2D eigenvalue weighted by molar-refractivity contribution is -0.138. The average molecular weight is 202 g/mol.